The van der Waals surface area contributed by atoms with E-state index in [9.17, 15) is 4.79 Å². The minimum Gasteiger partial charge on any atom is -0.378 e. The first-order valence-corrected chi connectivity index (χ1v) is 5.30. The molecule has 1 atom stereocenters. The monoisotopic (exact) mass is 224 g/mol. The summed E-state index contributed by atoms with van der Waals surface area (Å²) in [4.78, 5) is 13.2. The molecule has 0 spiro atoms. The van der Waals surface area contributed by atoms with Crippen molar-refractivity contribution in [2.45, 2.75) is 19.9 Å². The summed E-state index contributed by atoms with van der Waals surface area (Å²) in [6.07, 6.45) is 0. The van der Waals surface area contributed by atoms with E-state index in [-0.39, 0.29) is 11.9 Å². The number of amides is 1. The van der Waals surface area contributed by atoms with Crippen LogP contribution >= 0.6 is 11.6 Å². The van der Waals surface area contributed by atoms with E-state index >= 15 is 0 Å². The Hall–Kier alpha value is -1.22. The Morgan fingerprint density at radius 2 is 2.33 bits per heavy atom. The predicted octanol–water partition coefficient (Wildman–Crippen LogP) is 2.51. The highest BCUT2D eigenvalue weighted by Gasteiger charge is 2.24. The zero-order valence-electron chi connectivity index (χ0n) is 8.75. The number of carbonyl (C=O) groups is 1. The zero-order chi connectivity index (χ0) is 11.0. The van der Waals surface area contributed by atoms with E-state index in [1.807, 2.05) is 25.1 Å². The predicted molar refractivity (Wildman–Crippen MR) is 62.6 cm³/mol. The van der Waals surface area contributed by atoms with Crippen LogP contribution in [0.1, 0.15) is 13.8 Å². The standard InChI is InChI=1S/C11H13ClN2O/c1-7-6-14(8(2)15)10-5-3-4-9(12)11(10)13-7/h3-5,7,13H,6H2,1-2H3/t7-/m0/s1. The van der Waals surface area contributed by atoms with Crippen LogP contribution in [-0.2, 0) is 4.79 Å². The van der Waals surface area contributed by atoms with Gasteiger partial charge in [0, 0.05) is 19.5 Å². The third-order valence-corrected chi connectivity index (χ3v) is 2.82. The molecule has 0 radical (unpaired) electrons. The average molecular weight is 225 g/mol. The maximum atomic E-state index is 11.5. The maximum Gasteiger partial charge on any atom is 0.223 e. The first-order valence-electron chi connectivity index (χ1n) is 4.92. The van der Waals surface area contributed by atoms with Crippen LogP contribution < -0.4 is 10.2 Å². The van der Waals surface area contributed by atoms with Gasteiger partial charge in [0.25, 0.3) is 0 Å². The lowest BCUT2D eigenvalue weighted by molar-refractivity contribution is -0.116. The van der Waals surface area contributed by atoms with Gasteiger partial charge in [-0.1, -0.05) is 17.7 Å². The molecule has 1 amide bonds. The Labute approximate surface area is 94.0 Å². The number of anilines is 2. The van der Waals surface area contributed by atoms with E-state index in [1.165, 1.54) is 0 Å². The normalized spacial score (nSPS) is 19.4. The molecule has 15 heavy (non-hydrogen) atoms. The van der Waals surface area contributed by atoms with Crippen LogP contribution in [0.25, 0.3) is 0 Å². The van der Waals surface area contributed by atoms with Crippen molar-refractivity contribution in [2.24, 2.45) is 0 Å². The molecule has 4 heteroatoms. The smallest absolute Gasteiger partial charge is 0.223 e. The lowest BCUT2D eigenvalue weighted by atomic mass is 10.1. The summed E-state index contributed by atoms with van der Waals surface area (Å²) < 4.78 is 0. The topological polar surface area (TPSA) is 32.3 Å². The highest BCUT2D eigenvalue weighted by atomic mass is 35.5. The molecule has 2 rings (SSSR count). The van der Waals surface area contributed by atoms with Gasteiger partial charge in [-0.15, -0.1) is 0 Å². The Bertz CT molecular complexity index is 406. The van der Waals surface area contributed by atoms with Crippen molar-refractivity contribution in [3.8, 4) is 0 Å². The first kappa shape index (κ1) is 10.3. The Morgan fingerprint density at radius 3 is 3.00 bits per heavy atom. The van der Waals surface area contributed by atoms with Gasteiger partial charge in [-0.25, -0.2) is 0 Å². The highest BCUT2D eigenvalue weighted by Crippen LogP contribution is 2.36. The third kappa shape index (κ3) is 1.79. The lowest BCUT2D eigenvalue weighted by Gasteiger charge is -2.34. The van der Waals surface area contributed by atoms with Gasteiger partial charge in [-0.3, -0.25) is 4.79 Å². The first-order chi connectivity index (χ1) is 7.09. The molecule has 80 valence electrons. The molecule has 0 fully saturated rings. The quantitative estimate of drug-likeness (QED) is 0.735. The van der Waals surface area contributed by atoms with E-state index in [2.05, 4.69) is 5.32 Å². The van der Waals surface area contributed by atoms with E-state index in [1.54, 1.807) is 11.8 Å². The molecule has 0 unspecified atom stereocenters. The number of carbonyl (C=O) groups excluding carboxylic acids is 1. The molecule has 1 N–H and O–H groups in total. The van der Waals surface area contributed by atoms with E-state index in [0.29, 0.717) is 11.6 Å². The Balaban J connectivity index is 2.51. The van der Waals surface area contributed by atoms with Gasteiger partial charge in [0.2, 0.25) is 5.91 Å². The third-order valence-electron chi connectivity index (χ3n) is 2.51. The van der Waals surface area contributed by atoms with Gasteiger partial charge < -0.3 is 10.2 Å². The van der Waals surface area contributed by atoms with Crippen LogP contribution in [0.5, 0.6) is 0 Å². The van der Waals surface area contributed by atoms with Crippen molar-refractivity contribution in [3.63, 3.8) is 0 Å². The number of hydrogen-bond donors (Lipinski definition) is 1. The number of para-hydroxylation sites is 1. The van der Waals surface area contributed by atoms with Crippen LogP contribution in [0.15, 0.2) is 18.2 Å². The summed E-state index contributed by atoms with van der Waals surface area (Å²) >= 11 is 6.08. The van der Waals surface area contributed by atoms with Gasteiger partial charge >= 0.3 is 0 Å². The number of nitrogens with zero attached hydrogens (tertiary/aromatic N) is 1. The number of nitrogens with one attached hydrogen (secondary N) is 1. The second-order valence-electron chi connectivity index (χ2n) is 3.81. The Morgan fingerprint density at radius 1 is 1.60 bits per heavy atom. The number of fused-ring (bicyclic) bond motifs is 1. The van der Waals surface area contributed by atoms with Gasteiger partial charge in [0.1, 0.15) is 0 Å². The van der Waals surface area contributed by atoms with Crippen molar-refractivity contribution in [1.29, 1.82) is 0 Å². The SMILES string of the molecule is CC(=O)N1C[C@H](C)Nc2c(Cl)cccc21. The molecule has 1 aliphatic heterocycles. The van der Waals surface area contributed by atoms with Crippen molar-refractivity contribution in [3.05, 3.63) is 23.2 Å². The van der Waals surface area contributed by atoms with E-state index < -0.39 is 0 Å². The summed E-state index contributed by atoms with van der Waals surface area (Å²) in [6, 6.07) is 5.81. The molecular weight excluding hydrogens is 212 g/mol. The molecule has 3 nitrogen and oxygen atoms in total. The number of benzene rings is 1. The fraction of sp³-hybridized carbons (Fsp3) is 0.364. The molecular formula is C11H13ClN2O. The molecule has 1 heterocycles. The van der Waals surface area contributed by atoms with E-state index in [4.69, 9.17) is 11.6 Å². The van der Waals surface area contributed by atoms with Crippen molar-refractivity contribution >= 4 is 28.9 Å². The number of rotatable bonds is 0. The molecule has 1 aromatic rings. The van der Waals surface area contributed by atoms with Crippen LogP contribution in [0.4, 0.5) is 11.4 Å². The maximum absolute atomic E-state index is 11.5. The van der Waals surface area contributed by atoms with Gasteiger partial charge in [-0.05, 0) is 19.1 Å². The Kier molecular flexibility index (Phi) is 2.57. The van der Waals surface area contributed by atoms with Crippen LogP contribution in [0.3, 0.4) is 0 Å². The van der Waals surface area contributed by atoms with E-state index in [0.717, 1.165) is 11.4 Å². The molecule has 0 saturated heterocycles. The minimum absolute atomic E-state index is 0.0480. The van der Waals surface area contributed by atoms with Crippen molar-refractivity contribution < 1.29 is 4.79 Å². The fourth-order valence-corrected chi connectivity index (χ4v) is 2.07. The molecule has 0 saturated carbocycles. The zero-order valence-corrected chi connectivity index (χ0v) is 9.51. The summed E-state index contributed by atoms with van der Waals surface area (Å²) in [5, 5.41) is 3.94. The summed E-state index contributed by atoms with van der Waals surface area (Å²) in [7, 11) is 0. The van der Waals surface area contributed by atoms with Gasteiger partial charge in [0.15, 0.2) is 0 Å². The molecule has 0 aromatic heterocycles. The number of halogens is 1. The lowest BCUT2D eigenvalue weighted by Crippen LogP contribution is -2.42. The average Bonchev–Trinajstić information content (AvgIpc) is 2.18. The molecule has 0 aliphatic carbocycles. The van der Waals surface area contributed by atoms with Crippen LogP contribution in [-0.4, -0.2) is 18.5 Å². The summed E-state index contributed by atoms with van der Waals surface area (Å²) in [5.41, 5.74) is 1.72. The highest BCUT2D eigenvalue weighted by molar-refractivity contribution is 6.34. The molecule has 0 bridgehead atoms. The second-order valence-corrected chi connectivity index (χ2v) is 4.22. The van der Waals surface area contributed by atoms with Crippen molar-refractivity contribution in [1.82, 2.24) is 0 Å². The largest absolute Gasteiger partial charge is 0.378 e. The van der Waals surface area contributed by atoms with Gasteiger partial charge in [0.05, 0.1) is 16.4 Å². The summed E-state index contributed by atoms with van der Waals surface area (Å²) in [6.45, 7) is 4.29. The summed E-state index contributed by atoms with van der Waals surface area (Å²) in [5.74, 6) is 0.0480. The second kappa shape index (κ2) is 3.74. The fourth-order valence-electron chi connectivity index (χ4n) is 1.84. The van der Waals surface area contributed by atoms with Gasteiger partial charge in [-0.2, -0.15) is 0 Å². The number of hydrogen-bond acceptors (Lipinski definition) is 2. The van der Waals surface area contributed by atoms with Crippen molar-refractivity contribution in [2.75, 3.05) is 16.8 Å². The molecule has 1 aliphatic rings. The van der Waals surface area contributed by atoms with Crippen LogP contribution in [0.2, 0.25) is 5.02 Å². The molecule has 1 aromatic carbocycles. The van der Waals surface area contributed by atoms with Crippen LogP contribution in [0, 0.1) is 0 Å². The minimum atomic E-state index is 0.0480.